The molecule has 0 aromatic heterocycles. The van der Waals surface area contributed by atoms with Crippen LogP contribution in [0.4, 0.5) is 0 Å². The highest BCUT2D eigenvalue weighted by Gasteiger charge is 2.21. The van der Waals surface area contributed by atoms with Crippen LogP contribution in [0, 0.1) is 0 Å². The van der Waals surface area contributed by atoms with Crippen molar-refractivity contribution in [3.63, 3.8) is 0 Å². The molecular weight excluding hydrogens is 354 g/mol. The van der Waals surface area contributed by atoms with E-state index in [1.165, 1.54) is 63.4 Å². The Labute approximate surface area is 173 Å². The van der Waals surface area contributed by atoms with Gasteiger partial charge >= 0.3 is 0 Å². The molecule has 0 unspecified atom stereocenters. The largest absolute Gasteiger partial charge is 0.377 e. The minimum atomic E-state index is -0.321. The van der Waals surface area contributed by atoms with Gasteiger partial charge in [-0.05, 0) is 45.8 Å². The number of hydrogen-bond acceptors (Lipinski definition) is 3. The van der Waals surface area contributed by atoms with Crippen molar-refractivity contribution in [2.24, 2.45) is 0 Å². The van der Waals surface area contributed by atoms with Crippen LogP contribution in [-0.2, 0) is 9.63 Å². The molecule has 3 nitrogen and oxygen atoms in total. The van der Waals surface area contributed by atoms with Gasteiger partial charge in [-0.1, -0.05) is 70.1 Å². The Hall–Kier alpha value is -1.16. The van der Waals surface area contributed by atoms with Crippen LogP contribution in [0.2, 0.25) is 0 Å². The molecule has 0 atom stereocenters. The number of carbonyl (C=O) groups excluding carboxylic acids is 1. The Morgan fingerprint density at radius 2 is 1.67 bits per heavy atom. The van der Waals surface area contributed by atoms with E-state index in [0.29, 0.717) is 12.3 Å². The van der Waals surface area contributed by atoms with Crippen LogP contribution >= 0.6 is 12.6 Å². The highest BCUT2D eigenvalue weighted by atomic mass is 32.1. The van der Waals surface area contributed by atoms with Gasteiger partial charge in [0.1, 0.15) is 0 Å². The van der Waals surface area contributed by atoms with Gasteiger partial charge in [0, 0.05) is 11.7 Å². The van der Waals surface area contributed by atoms with Crippen LogP contribution in [0.15, 0.2) is 36.1 Å². The smallest absolute Gasteiger partial charge is 0.252 e. The second-order valence-electron chi connectivity index (χ2n) is 7.72. The van der Waals surface area contributed by atoms with Crippen LogP contribution in [0.3, 0.4) is 0 Å². The first kappa shape index (κ1) is 25.8. The predicted molar refractivity (Wildman–Crippen MR) is 121 cm³/mol. The third-order valence-electron chi connectivity index (χ3n) is 4.06. The molecule has 0 spiro atoms. The van der Waals surface area contributed by atoms with Crippen molar-refractivity contribution in [2.75, 3.05) is 6.54 Å². The van der Waals surface area contributed by atoms with Gasteiger partial charge in [0.2, 0.25) is 0 Å². The van der Waals surface area contributed by atoms with Gasteiger partial charge in [0.15, 0.2) is 5.76 Å². The molecule has 0 N–H and O–H groups in total. The fourth-order valence-corrected chi connectivity index (χ4v) is 2.72. The topological polar surface area (TPSA) is 29.5 Å². The zero-order chi connectivity index (χ0) is 20.5. The van der Waals surface area contributed by atoms with E-state index in [1.54, 1.807) is 0 Å². The fraction of sp³-hybridized carbons (Fsp3) is 0.696. The third kappa shape index (κ3) is 16.7. The summed E-state index contributed by atoms with van der Waals surface area (Å²) >= 11 is 4.50. The summed E-state index contributed by atoms with van der Waals surface area (Å²) in [5.74, 6) is 0.542. The molecule has 0 heterocycles. The maximum Gasteiger partial charge on any atom is 0.252 e. The van der Waals surface area contributed by atoms with Gasteiger partial charge < -0.3 is 4.84 Å². The van der Waals surface area contributed by atoms with Crippen molar-refractivity contribution in [3.05, 3.63) is 36.1 Å². The zero-order valence-electron chi connectivity index (χ0n) is 18.2. The lowest BCUT2D eigenvalue weighted by molar-refractivity contribution is -0.169. The first-order valence-electron chi connectivity index (χ1n) is 10.5. The molecule has 0 bridgehead atoms. The van der Waals surface area contributed by atoms with E-state index in [9.17, 15) is 4.79 Å². The summed E-state index contributed by atoms with van der Waals surface area (Å²) in [5.41, 5.74) is 0. The van der Waals surface area contributed by atoms with E-state index in [1.807, 2.05) is 45.1 Å². The Morgan fingerprint density at radius 1 is 1.07 bits per heavy atom. The molecule has 0 aliphatic carbocycles. The normalized spacial score (nSPS) is 12.9. The van der Waals surface area contributed by atoms with Gasteiger partial charge in [-0.25, -0.2) is 0 Å². The average molecular weight is 396 g/mol. The van der Waals surface area contributed by atoms with E-state index in [0.717, 1.165) is 6.42 Å². The van der Waals surface area contributed by atoms with Gasteiger partial charge in [-0.2, -0.15) is 17.7 Å². The number of nitrogens with zero attached hydrogens (tertiary/aromatic N) is 1. The van der Waals surface area contributed by atoms with Gasteiger partial charge in [-0.15, -0.1) is 0 Å². The monoisotopic (exact) mass is 395 g/mol. The van der Waals surface area contributed by atoms with Crippen molar-refractivity contribution >= 4 is 18.5 Å². The quantitative estimate of drug-likeness (QED) is 0.106. The lowest BCUT2D eigenvalue weighted by Gasteiger charge is -2.28. The fourth-order valence-electron chi connectivity index (χ4n) is 2.59. The van der Waals surface area contributed by atoms with Crippen LogP contribution in [0.25, 0.3) is 0 Å². The molecule has 27 heavy (non-hydrogen) atoms. The second kappa shape index (κ2) is 15.9. The van der Waals surface area contributed by atoms with Gasteiger partial charge in [0.05, 0.1) is 6.54 Å². The minimum Gasteiger partial charge on any atom is -0.377 e. The average Bonchev–Trinajstić information content (AvgIpc) is 2.59. The molecule has 0 aromatic carbocycles. The Balaban J connectivity index is 4.40. The first-order valence-corrected chi connectivity index (χ1v) is 10.9. The molecule has 0 aromatic rings. The van der Waals surface area contributed by atoms with Crippen molar-refractivity contribution in [1.82, 2.24) is 5.06 Å². The molecule has 0 radical (unpaired) electrons. The number of unbranched alkanes of at least 4 members (excludes halogenated alkanes) is 8. The summed E-state index contributed by atoms with van der Waals surface area (Å²) in [6, 6.07) is 0. The number of hydroxylamine groups is 2. The molecule has 0 fully saturated rings. The summed E-state index contributed by atoms with van der Waals surface area (Å²) in [6.45, 7) is 10.1. The van der Waals surface area contributed by atoms with Crippen molar-refractivity contribution < 1.29 is 9.63 Å². The number of hydrogen-bond donors (Lipinski definition) is 1. The number of rotatable bonds is 15. The zero-order valence-corrected chi connectivity index (χ0v) is 19.1. The van der Waals surface area contributed by atoms with Crippen LogP contribution in [-0.4, -0.2) is 22.3 Å². The first-order chi connectivity index (χ1) is 12.8. The number of allylic oxidation sites excluding steroid dienone is 5. The second-order valence-corrected chi connectivity index (χ2v) is 8.93. The summed E-state index contributed by atoms with van der Waals surface area (Å²) < 4.78 is -0.321. The van der Waals surface area contributed by atoms with Crippen LogP contribution in [0.5, 0.6) is 0 Å². The summed E-state index contributed by atoms with van der Waals surface area (Å²) in [7, 11) is 0. The number of thiol groups is 1. The summed E-state index contributed by atoms with van der Waals surface area (Å²) in [4.78, 5) is 17.7. The summed E-state index contributed by atoms with van der Waals surface area (Å²) in [6.07, 6.45) is 21.4. The number of carbonyl (C=O) groups is 1. The van der Waals surface area contributed by atoms with Gasteiger partial charge in [0.25, 0.3) is 5.91 Å². The lowest BCUT2D eigenvalue weighted by Crippen LogP contribution is -2.38. The molecule has 4 heteroatoms. The Kier molecular flexibility index (Phi) is 15.2. The molecule has 0 saturated carbocycles. The Morgan fingerprint density at radius 3 is 2.19 bits per heavy atom. The lowest BCUT2D eigenvalue weighted by atomic mass is 10.1. The van der Waals surface area contributed by atoms with Crippen molar-refractivity contribution in [2.45, 2.75) is 97.2 Å². The van der Waals surface area contributed by atoms with E-state index in [2.05, 4.69) is 25.6 Å². The van der Waals surface area contributed by atoms with Crippen LogP contribution in [0.1, 0.15) is 92.4 Å². The molecule has 0 aliphatic rings. The standard InChI is InChI=1S/C23H41NO2S/c1-6-8-10-11-12-13-14-15-16-17-19-22(18-9-7-2)26-24(21(3)25)20-23(4,5)27/h7,9,17-19,27H,6,8,10-16,20H2,1-5H3. The SMILES string of the molecule is CC=CC=C(C=CCCCCCCCCCC)ON(CC(C)(C)S)C(C)=O. The highest BCUT2D eigenvalue weighted by molar-refractivity contribution is 7.81. The van der Waals surface area contributed by atoms with E-state index >= 15 is 0 Å². The van der Waals surface area contributed by atoms with Gasteiger partial charge in [-0.3, -0.25) is 4.79 Å². The predicted octanol–water partition coefficient (Wildman–Crippen LogP) is 7.02. The molecule has 1 amide bonds. The van der Waals surface area contributed by atoms with E-state index in [4.69, 9.17) is 4.84 Å². The third-order valence-corrected chi connectivity index (χ3v) is 4.20. The maximum absolute atomic E-state index is 11.9. The van der Waals surface area contributed by atoms with E-state index in [-0.39, 0.29) is 10.7 Å². The highest BCUT2D eigenvalue weighted by Crippen LogP contribution is 2.17. The summed E-state index contributed by atoms with van der Waals surface area (Å²) in [5, 5.41) is 1.38. The van der Waals surface area contributed by atoms with Crippen molar-refractivity contribution in [1.29, 1.82) is 0 Å². The maximum atomic E-state index is 11.9. The Bertz CT molecular complexity index is 475. The molecular formula is C23H41NO2S. The van der Waals surface area contributed by atoms with Crippen LogP contribution < -0.4 is 0 Å². The molecule has 0 rings (SSSR count). The number of amides is 1. The minimum absolute atomic E-state index is 0.125. The molecule has 0 saturated heterocycles. The van der Waals surface area contributed by atoms with E-state index < -0.39 is 0 Å². The van der Waals surface area contributed by atoms with Crippen molar-refractivity contribution in [3.8, 4) is 0 Å². The molecule has 0 aliphatic heterocycles. The molecule has 156 valence electrons.